The molecule has 2 N–H and O–H groups in total. The highest BCUT2D eigenvalue weighted by Crippen LogP contribution is 2.22. The number of ether oxygens (including phenoxy) is 1. The van der Waals surface area contributed by atoms with Crippen LogP contribution in [0.4, 0.5) is 5.69 Å². The van der Waals surface area contributed by atoms with Gasteiger partial charge >= 0.3 is 0 Å². The molecule has 108 valence electrons. The number of nitrogens with one attached hydrogen (secondary N) is 1. The Morgan fingerprint density at radius 1 is 1.30 bits per heavy atom. The summed E-state index contributed by atoms with van der Waals surface area (Å²) in [6.45, 7) is 4.65. The molecule has 0 fully saturated rings. The molecule has 0 aliphatic carbocycles. The van der Waals surface area contributed by atoms with Crippen molar-refractivity contribution in [1.29, 1.82) is 0 Å². The lowest BCUT2D eigenvalue weighted by Gasteiger charge is -2.15. The fourth-order valence-corrected chi connectivity index (χ4v) is 2.50. The molecule has 0 aliphatic rings. The van der Waals surface area contributed by atoms with E-state index in [1.54, 1.807) is 11.3 Å². The molecule has 0 aliphatic heterocycles. The number of aliphatic hydroxyl groups is 1. The summed E-state index contributed by atoms with van der Waals surface area (Å²) in [5.74, 6) is 0.856. The molecule has 0 bridgehead atoms. The summed E-state index contributed by atoms with van der Waals surface area (Å²) in [7, 11) is 0. The molecule has 1 aromatic heterocycles. The number of hydrogen-bond donors (Lipinski definition) is 2. The zero-order valence-electron chi connectivity index (χ0n) is 11.9. The molecule has 1 aromatic carbocycles. The maximum atomic E-state index is 10.0. The molecule has 20 heavy (non-hydrogen) atoms. The smallest absolute Gasteiger partial charge is 0.121 e. The van der Waals surface area contributed by atoms with E-state index in [1.165, 1.54) is 0 Å². The Morgan fingerprint density at radius 2 is 2.15 bits per heavy atom. The number of hydrogen-bond acceptors (Lipinski definition) is 4. The Bertz CT molecular complexity index is 513. The van der Waals surface area contributed by atoms with Gasteiger partial charge in [0.15, 0.2) is 0 Å². The van der Waals surface area contributed by atoms with Gasteiger partial charge in [-0.15, -0.1) is 11.3 Å². The van der Waals surface area contributed by atoms with Gasteiger partial charge in [-0.1, -0.05) is 19.1 Å². The van der Waals surface area contributed by atoms with E-state index in [0.29, 0.717) is 6.54 Å². The van der Waals surface area contributed by atoms with Crippen LogP contribution in [-0.4, -0.2) is 17.8 Å². The van der Waals surface area contributed by atoms with Crippen molar-refractivity contribution < 1.29 is 9.84 Å². The van der Waals surface area contributed by atoms with Crippen LogP contribution in [0.3, 0.4) is 0 Å². The highest BCUT2D eigenvalue weighted by molar-refractivity contribution is 7.10. The largest absolute Gasteiger partial charge is 0.491 e. The number of rotatable bonds is 7. The van der Waals surface area contributed by atoms with E-state index in [2.05, 4.69) is 19.2 Å². The average molecular weight is 291 g/mol. The Morgan fingerprint density at radius 3 is 2.85 bits per heavy atom. The normalized spacial score (nSPS) is 13.8. The maximum Gasteiger partial charge on any atom is 0.121 e. The van der Waals surface area contributed by atoms with Gasteiger partial charge < -0.3 is 15.2 Å². The van der Waals surface area contributed by atoms with Crippen molar-refractivity contribution in [3.8, 4) is 5.75 Å². The third-order valence-corrected chi connectivity index (χ3v) is 4.09. The molecule has 2 aromatic rings. The average Bonchev–Trinajstić information content (AvgIpc) is 2.99. The van der Waals surface area contributed by atoms with E-state index in [-0.39, 0.29) is 6.10 Å². The molecule has 2 atom stereocenters. The number of thiophene rings is 1. The van der Waals surface area contributed by atoms with Gasteiger partial charge in [-0.05, 0) is 36.9 Å². The molecule has 2 unspecified atom stereocenters. The van der Waals surface area contributed by atoms with Crippen molar-refractivity contribution in [2.24, 2.45) is 0 Å². The second-order valence-corrected chi connectivity index (χ2v) is 5.76. The Kier molecular flexibility index (Phi) is 5.44. The quantitative estimate of drug-likeness (QED) is 0.808. The van der Waals surface area contributed by atoms with Crippen molar-refractivity contribution in [3.63, 3.8) is 0 Å². The van der Waals surface area contributed by atoms with Crippen LogP contribution in [0.1, 0.15) is 31.2 Å². The van der Waals surface area contributed by atoms with Gasteiger partial charge in [-0.3, -0.25) is 0 Å². The molecule has 4 heteroatoms. The molecule has 3 nitrogen and oxygen atoms in total. The van der Waals surface area contributed by atoms with Crippen molar-refractivity contribution >= 4 is 17.0 Å². The van der Waals surface area contributed by atoms with Crippen molar-refractivity contribution in [1.82, 2.24) is 0 Å². The van der Waals surface area contributed by atoms with Crippen LogP contribution in [0.25, 0.3) is 0 Å². The predicted molar refractivity (Wildman–Crippen MR) is 84.6 cm³/mol. The number of aliphatic hydroxyl groups excluding tert-OH is 1. The Hall–Kier alpha value is -1.52. The fraction of sp³-hybridized carbons (Fsp3) is 0.375. The second-order valence-electron chi connectivity index (χ2n) is 4.78. The van der Waals surface area contributed by atoms with E-state index in [1.807, 2.05) is 41.8 Å². The van der Waals surface area contributed by atoms with Gasteiger partial charge in [-0.2, -0.15) is 0 Å². The monoisotopic (exact) mass is 291 g/mol. The van der Waals surface area contributed by atoms with Gasteiger partial charge in [0.2, 0.25) is 0 Å². The van der Waals surface area contributed by atoms with E-state index < -0.39 is 6.10 Å². The summed E-state index contributed by atoms with van der Waals surface area (Å²) in [5, 5.41) is 15.3. The third kappa shape index (κ3) is 4.25. The Balaban J connectivity index is 1.91. The van der Waals surface area contributed by atoms with Gasteiger partial charge in [0.25, 0.3) is 0 Å². The molecule has 2 rings (SSSR count). The first-order valence-electron chi connectivity index (χ1n) is 6.91. The number of benzene rings is 1. The minimum absolute atomic E-state index is 0.210. The molecule has 0 radical (unpaired) electrons. The predicted octanol–water partition coefficient (Wildman–Crippen LogP) is 4.07. The van der Waals surface area contributed by atoms with Gasteiger partial charge in [0.05, 0.1) is 6.10 Å². The molecule has 1 heterocycles. The topological polar surface area (TPSA) is 41.5 Å². The summed E-state index contributed by atoms with van der Waals surface area (Å²) >= 11 is 1.57. The SMILES string of the molecule is CCC(C)Oc1cccc(NCC(O)c2cccs2)c1. The van der Waals surface area contributed by atoms with Crippen molar-refractivity contribution in [2.45, 2.75) is 32.5 Å². The van der Waals surface area contributed by atoms with E-state index in [0.717, 1.165) is 22.7 Å². The Labute approximate surface area is 124 Å². The van der Waals surface area contributed by atoms with Crippen LogP contribution in [0.5, 0.6) is 5.75 Å². The molecular weight excluding hydrogens is 270 g/mol. The number of anilines is 1. The zero-order chi connectivity index (χ0) is 14.4. The lowest BCUT2D eigenvalue weighted by atomic mass is 10.2. The first-order chi connectivity index (χ1) is 9.69. The molecule has 0 saturated heterocycles. The van der Waals surface area contributed by atoms with Crippen LogP contribution >= 0.6 is 11.3 Å². The molecule has 0 spiro atoms. The van der Waals surface area contributed by atoms with Gasteiger partial charge in [0, 0.05) is 23.2 Å². The minimum atomic E-state index is -0.478. The summed E-state index contributed by atoms with van der Waals surface area (Å²) < 4.78 is 5.78. The summed E-state index contributed by atoms with van der Waals surface area (Å²) in [6.07, 6.45) is 0.713. The maximum absolute atomic E-state index is 10.0. The lowest BCUT2D eigenvalue weighted by molar-refractivity contribution is 0.195. The van der Waals surface area contributed by atoms with Crippen LogP contribution in [0.15, 0.2) is 41.8 Å². The standard InChI is InChI=1S/C16H21NO2S/c1-3-12(2)19-14-7-4-6-13(10-14)17-11-15(18)16-8-5-9-20-16/h4-10,12,15,17-18H,3,11H2,1-2H3. The lowest BCUT2D eigenvalue weighted by Crippen LogP contribution is -2.12. The van der Waals surface area contributed by atoms with Crippen LogP contribution in [0.2, 0.25) is 0 Å². The fourth-order valence-electron chi connectivity index (χ4n) is 1.79. The highest BCUT2D eigenvalue weighted by Gasteiger charge is 2.08. The second kappa shape index (κ2) is 7.31. The van der Waals surface area contributed by atoms with Crippen LogP contribution in [0, 0.1) is 0 Å². The molecule has 0 amide bonds. The minimum Gasteiger partial charge on any atom is -0.491 e. The van der Waals surface area contributed by atoms with E-state index in [4.69, 9.17) is 4.74 Å². The van der Waals surface area contributed by atoms with Crippen LogP contribution in [-0.2, 0) is 0 Å². The first kappa shape index (κ1) is 14.9. The van der Waals surface area contributed by atoms with Crippen LogP contribution < -0.4 is 10.1 Å². The molecule has 0 saturated carbocycles. The summed E-state index contributed by atoms with van der Waals surface area (Å²) in [4.78, 5) is 0.976. The summed E-state index contributed by atoms with van der Waals surface area (Å²) in [6, 6.07) is 11.7. The van der Waals surface area contributed by atoms with Gasteiger partial charge in [0.1, 0.15) is 11.9 Å². The first-order valence-corrected chi connectivity index (χ1v) is 7.79. The van der Waals surface area contributed by atoms with E-state index in [9.17, 15) is 5.11 Å². The zero-order valence-corrected chi connectivity index (χ0v) is 12.7. The van der Waals surface area contributed by atoms with E-state index >= 15 is 0 Å². The third-order valence-electron chi connectivity index (χ3n) is 3.12. The van der Waals surface area contributed by atoms with Crippen molar-refractivity contribution in [2.75, 3.05) is 11.9 Å². The van der Waals surface area contributed by atoms with Crippen molar-refractivity contribution in [3.05, 3.63) is 46.7 Å². The molecular formula is C16H21NO2S. The highest BCUT2D eigenvalue weighted by atomic mass is 32.1. The van der Waals surface area contributed by atoms with Gasteiger partial charge in [-0.25, -0.2) is 0 Å². The summed E-state index contributed by atoms with van der Waals surface area (Å²) in [5.41, 5.74) is 0.960.